The van der Waals surface area contributed by atoms with Crippen molar-refractivity contribution in [1.29, 1.82) is 0 Å². The third kappa shape index (κ3) is 4.05. The highest BCUT2D eigenvalue weighted by Crippen LogP contribution is 2.18. The van der Waals surface area contributed by atoms with Crippen LogP contribution in [0.3, 0.4) is 0 Å². The molecule has 1 aromatic rings. The van der Waals surface area contributed by atoms with Gasteiger partial charge >= 0.3 is 5.97 Å². The molecule has 0 saturated carbocycles. The highest BCUT2D eigenvalue weighted by molar-refractivity contribution is 5.76. The number of ether oxygens (including phenoxy) is 1. The summed E-state index contributed by atoms with van der Waals surface area (Å²) in [7, 11) is 0. The molecule has 0 aliphatic carbocycles. The monoisotopic (exact) mass is 265 g/mol. The van der Waals surface area contributed by atoms with E-state index >= 15 is 0 Å². The Bertz CT molecular complexity index is 504. The summed E-state index contributed by atoms with van der Waals surface area (Å²) in [6, 6.07) is 2.03. The van der Waals surface area contributed by atoms with E-state index < -0.39 is 12.0 Å². The van der Waals surface area contributed by atoms with E-state index in [1.54, 1.807) is 6.92 Å². The summed E-state index contributed by atoms with van der Waals surface area (Å²) in [5.74, 6) is -0.220. The fraction of sp³-hybridized carbons (Fsp3) is 0.500. The first-order valence-corrected chi connectivity index (χ1v) is 6.33. The molecule has 1 heterocycles. The minimum absolute atomic E-state index is 0.223. The molecule has 104 valence electrons. The number of nitrogens with zero attached hydrogens (tertiary/aromatic N) is 1. The van der Waals surface area contributed by atoms with Gasteiger partial charge in [-0.3, -0.25) is 9.59 Å². The second-order valence-corrected chi connectivity index (χ2v) is 4.72. The summed E-state index contributed by atoms with van der Waals surface area (Å²) in [6.07, 6.45) is 2.54. The Morgan fingerprint density at radius 2 is 2.11 bits per heavy atom. The normalized spacial score (nSPS) is 12.2. The summed E-state index contributed by atoms with van der Waals surface area (Å²) >= 11 is 0. The zero-order chi connectivity index (χ0) is 14.4. The van der Waals surface area contributed by atoms with Crippen LogP contribution in [-0.4, -0.2) is 23.4 Å². The molecule has 0 bridgehead atoms. The average Bonchev–Trinajstić information content (AvgIpc) is 2.37. The van der Waals surface area contributed by atoms with Gasteiger partial charge in [0.25, 0.3) is 5.56 Å². The molecule has 0 radical (unpaired) electrons. The number of rotatable bonds is 6. The zero-order valence-electron chi connectivity index (χ0n) is 11.5. The summed E-state index contributed by atoms with van der Waals surface area (Å²) in [4.78, 5) is 34.6. The van der Waals surface area contributed by atoms with Crippen molar-refractivity contribution < 1.29 is 14.3 Å². The lowest BCUT2D eigenvalue weighted by atomic mass is 10.0. The molecule has 0 amide bonds. The van der Waals surface area contributed by atoms with Gasteiger partial charge in [-0.05, 0) is 25.3 Å². The van der Waals surface area contributed by atoms with E-state index in [9.17, 15) is 14.4 Å². The molecule has 0 spiro atoms. The van der Waals surface area contributed by atoms with Crippen LogP contribution in [0.5, 0.6) is 0 Å². The van der Waals surface area contributed by atoms with E-state index in [-0.39, 0.29) is 18.1 Å². The van der Waals surface area contributed by atoms with Gasteiger partial charge in [-0.1, -0.05) is 13.8 Å². The van der Waals surface area contributed by atoms with Crippen LogP contribution in [-0.2, 0) is 9.53 Å². The summed E-state index contributed by atoms with van der Waals surface area (Å²) in [6.45, 7) is 5.90. The molecule has 0 aromatic carbocycles. The minimum atomic E-state index is -0.688. The number of aromatic nitrogens is 1. The number of aldehydes is 1. The van der Waals surface area contributed by atoms with Crippen LogP contribution in [0.25, 0.3) is 0 Å². The molecule has 0 saturated heterocycles. The van der Waals surface area contributed by atoms with E-state index in [1.807, 2.05) is 13.8 Å². The van der Waals surface area contributed by atoms with Gasteiger partial charge in [0.15, 0.2) is 6.29 Å². The Hall–Kier alpha value is -1.91. The maximum Gasteiger partial charge on any atom is 0.329 e. The summed E-state index contributed by atoms with van der Waals surface area (Å²) < 4.78 is 6.28. The maximum atomic E-state index is 12.0. The SMILES string of the molecule is CCOC(=O)C(CC(C)C)n1cc(C=O)ccc1=O. The molecule has 19 heavy (non-hydrogen) atoms. The third-order valence-electron chi connectivity index (χ3n) is 2.69. The molecule has 1 rings (SSSR count). The van der Waals surface area contributed by atoms with Gasteiger partial charge in [-0.15, -0.1) is 0 Å². The van der Waals surface area contributed by atoms with Gasteiger partial charge in [-0.2, -0.15) is 0 Å². The van der Waals surface area contributed by atoms with Crippen molar-refractivity contribution >= 4 is 12.3 Å². The molecular formula is C14H19NO4. The predicted molar refractivity (Wildman–Crippen MR) is 71.2 cm³/mol. The Labute approximate surface area is 112 Å². The van der Waals surface area contributed by atoms with Gasteiger partial charge in [-0.25, -0.2) is 4.79 Å². The highest BCUT2D eigenvalue weighted by Gasteiger charge is 2.23. The molecule has 1 aromatic heterocycles. The lowest BCUT2D eigenvalue weighted by molar-refractivity contribution is -0.147. The van der Waals surface area contributed by atoms with Crippen LogP contribution in [0.4, 0.5) is 0 Å². The Kier molecular flexibility index (Phi) is 5.48. The van der Waals surface area contributed by atoms with Crippen LogP contribution in [0.15, 0.2) is 23.1 Å². The van der Waals surface area contributed by atoms with Crippen LogP contribution in [0, 0.1) is 5.92 Å². The van der Waals surface area contributed by atoms with Crippen molar-refractivity contribution in [2.45, 2.75) is 33.2 Å². The standard InChI is InChI=1S/C14H19NO4/c1-4-19-14(18)12(7-10(2)3)15-8-11(9-16)5-6-13(15)17/h5-6,8-10,12H,4,7H2,1-3H3. The van der Waals surface area contributed by atoms with Crippen molar-refractivity contribution in [2.24, 2.45) is 5.92 Å². The fourth-order valence-corrected chi connectivity index (χ4v) is 1.84. The Morgan fingerprint density at radius 3 is 2.63 bits per heavy atom. The number of esters is 1. The van der Waals surface area contributed by atoms with Gasteiger partial charge in [0.1, 0.15) is 6.04 Å². The van der Waals surface area contributed by atoms with E-state index in [4.69, 9.17) is 4.74 Å². The Balaban J connectivity index is 3.19. The van der Waals surface area contributed by atoms with Crippen molar-refractivity contribution in [2.75, 3.05) is 6.61 Å². The zero-order valence-corrected chi connectivity index (χ0v) is 11.5. The lowest BCUT2D eigenvalue weighted by Gasteiger charge is -2.20. The molecule has 0 fully saturated rings. The lowest BCUT2D eigenvalue weighted by Crippen LogP contribution is -2.31. The summed E-state index contributed by atoms with van der Waals surface area (Å²) in [5.41, 5.74) is 0.0435. The first-order valence-electron chi connectivity index (χ1n) is 6.33. The summed E-state index contributed by atoms with van der Waals surface area (Å²) in [5, 5.41) is 0. The second kappa shape index (κ2) is 6.87. The molecule has 0 aliphatic heterocycles. The van der Waals surface area contributed by atoms with Gasteiger partial charge in [0.2, 0.25) is 0 Å². The molecule has 0 N–H and O–H groups in total. The fourth-order valence-electron chi connectivity index (χ4n) is 1.84. The van der Waals surface area contributed by atoms with Crippen molar-refractivity contribution in [3.8, 4) is 0 Å². The molecular weight excluding hydrogens is 246 g/mol. The van der Waals surface area contributed by atoms with Crippen molar-refractivity contribution in [3.63, 3.8) is 0 Å². The molecule has 1 atom stereocenters. The predicted octanol–water partition coefficient (Wildman–Crippen LogP) is 1.81. The third-order valence-corrected chi connectivity index (χ3v) is 2.69. The van der Waals surface area contributed by atoms with Gasteiger partial charge < -0.3 is 9.30 Å². The number of hydrogen-bond acceptors (Lipinski definition) is 4. The Morgan fingerprint density at radius 1 is 1.42 bits per heavy atom. The van der Waals surface area contributed by atoms with E-state index in [2.05, 4.69) is 0 Å². The van der Waals surface area contributed by atoms with Gasteiger partial charge in [0, 0.05) is 17.8 Å². The number of hydrogen-bond donors (Lipinski definition) is 0. The van der Waals surface area contributed by atoms with E-state index in [1.165, 1.54) is 22.9 Å². The van der Waals surface area contributed by atoms with Crippen molar-refractivity contribution in [1.82, 2.24) is 4.57 Å². The van der Waals surface area contributed by atoms with Gasteiger partial charge in [0.05, 0.1) is 6.61 Å². The van der Waals surface area contributed by atoms with Crippen LogP contribution >= 0.6 is 0 Å². The average molecular weight is 265 g/mol. The maximum absolute atomic E-state index is 12.0. The van der Waals surface area contributed by atoms with E-state index in [0.717, 1.165) is 0 Å². The first kappa shape index (κ1) is 15.1. The topological polar surface area (TPSA) is 65.4 Å². The quantitative estimate of drug-likeness (QED) is 0.581. The molecule has 5 heteroatoms. The molecule has 0 aliphatic rings. The number of carbonyl (C=O) groups excluding carboxylic acids is 2. The van der Waals surface area contributed by atoms with Crippen LogP contribution < -0.4 is 5.56 Å². The molecule has 1 unspecified atom stereocenters. The number of carbonyl (C=O) groups is 2. The first-order chi connectivity index (χ1) is 8.99. The van der Waals surface area contributed by atoms with Crippen LogP contribution in [0.2, 0.25) is 0 Å². The van der Waals surface area contributed by atoms with E-state index in [0.29, 0.717) is 18.3 Å². The highest BCUT2D eigenvalue weighted by atomic mass is 16.5. The van der Waals surface area contributed by atoms with Crippen molar-refractivity contribution in [3.05, 3.63) is 34.2 Å². The smallest absolute Gasteiger partial charge is 0.329 e. The van der Waals surface area contributed by atoms with Crippen LogP contribution in [0.1, 0.15) is 43.6 Å². The largest absolute Gasteiger partial charge is 0.464 e. The minimum Gasteiger partial charge on any atom is -0.464 e. The number of pyridine rings is 1. The second-order valence-electron chi connectivity index (χ2n) is 4.72. The molecule has 5 nitrogen and oxygen atoms in total.